The van der Waals surface area contributed by atoms with Gasteiger partial charge in [0.25, 0.3) is 0 Å². The molecule has 2 atom stereocenters. The van der Waals surface area contributed by atoms with Crippen molar-refractivity contribution < 1.29 is 0 Å². The summed E-state index contributed by atoms with van der Waals surface area (Å²) in [5, 5.41) is 19.3. The second kappa shape index (κ2) is 7.12. The summed E-state index contributed by atoms with van der Waals surface area (Å²) in [6.07, 6.45) is 6.90. The Bertz CT molecular complexity index is 1060. The van der Waals surface area contributed by atoms with Gasteiger partial charge in [0.15, 0.2) is 22.9 Å². The van der Waals surface area contributed by atoms with Crippen molar-refractivity contribution >= 4 is 22.9 Å². The Kier molecular flexibility index (Phi) is 4.43. The van der Waals surface area contributed by atoms with Crippen molar-refractivity contribution in [2.24, 2.45) is 0 Å². The fraction of sp³-hybridized carbons (Fsp3) is 0.550. The Morgan fingerprint density at radius 1 is 1.17 bits per heavy atom. The van der Waals surface area contributed by atoms with Gasteiger partial charge in [0, 0.05) is 42.9 Å². The van der Waals surface area contributed by atoms with Crippen LogP contribution in [-0.4, -0.2) is 53.2 Å². The molecule has 0 aromatic carbocycles. The van der Waals surface area contributed by atoms with Gasteiger partial charge in [0.05, 0.1) is 12.3 Å². The molecule has 0 radical (unpaired) electrons. The summed E-state index contributed by atoms with van der Waals surface area (Å²) in [5.74, 6) is 2.35. The number of aromatic nitrogens is 6. The van der Waals surface area contributed by atoms with E-state index in [0.717, 1.165) is 42.4 Å². The van der Waals surface area contributed by atoms with Crippen LogP contribution < -0.4 is 5.32 Å². The summed E-state index contributed by atoms with van der Waals surface area (Å²) in [7, 11) is 0. The van der Waals surface area contributed by atoms with Crippen LogP contribution in [0.25, 0.3) is 11.3 Å². The number of nitriles is 1. The smallest absolute Gasteiger partial charge is 0.197 e. The van der Waals surface area contributed by atoms with Crippen LogP contribution in [0, 0.1) is 25.2 Å². The molecule has 3 aromatic heterocycles. The second-order valence-corrected chi connectivity index (χ2v) is 8.15. The molecule has 29 heavy (non-hydrogen) atoms. The summed E-state index contributed by atoms with van der Waals surface area (Å²) in [6.45, 7) is 4.89. The maximum atomic E-state index is 8.96. The standard InChI is InChI=1S/C20H25N9/c1-12-8-17(27-26-12)24-18-11-22-19-20(25-18)29(13(2)23-19)16-9-14-4-5-15(10-16)28(14)7-3-6-21/h8,11,14-16H,3-5,7,9-10H2,1-2H3,(H2,24,25,26,27). The lowest BCUT2D eigenvalue weighted by molar-refractivity contribution is 0.110. The number of aryl methyl sites for hydroxylation is 2. The van der Waals surface area contributed by atoms with E-state index in [0.29, 0.717) is 36.0 Å². The monoisotopic (exact) mass is 391 g/mol. The van der Waals surface area contributed by atoms with Gasteiger partial charge in [0.1, 0.15) is 5.82 Å². The van der Waals surface area contributed by atoms with Crippen LogP contribution in [0.3, 0.4) is 0 Å². The van der Waals surface area contributed by atoms with E-state index in [9.17, 15) is 0 Å². The predicted octanol–water partition coefficient (Wildman–Crippen LogP) is 2.99. The molecule has 0 amide bonds. The molecule has 2 aliphatic heterocycles. The quantitative estimate of drug-likeness (QED) is 0.687. The van der Waals surface area contributed by atoms with Crippen molar-refractivity contribution in [3.8, 4) is 6.07 Å². The molecule has 2 aliphatic rings. The van der Waals surface area contributed by atoms with Crippen LogP contribution in [0.1, 0.15) is 49.7 Å². The van der Waals surface area contributed by atoms with Crippen LogP contribution in [-0.2, 0) is 0 Å². The van der Waals surface area contributed by atoms with Crippen molar-refractivity contribution in [1.29, 1.82) is 5.26 Å². The number of piperidine rings is 1. The van der Waals surface area contributed by atoms with Gasteiger partial charge in [-0.3, -0.25) is 10.00 Å². The molecule has 0 spiro atoms. The highest BCUT2D eigenvalue weighted by Gasteiger charge is 2.41. The van der Waals surface area contributed by atoms with Gasteiger partial charge in [0.2, 0.25) is 0 Å². The molecule has 2 saturated heterocycles. The predicted molar refractivity (Wildman–Crippen MR) is 109 cm³/mol. The Balaban J connectivity index is 1.43. The lowest BCUT2D eigenvalue weighted by Crippen LogP contribution is -2.43. The van der Waals surface area contributed by atoms with Crippen molar-refractivity contribution in [1.82, 2.24) is 34.6 Å². The summed E-state index contributed by atoms with van der Waals surface area (Å²) in [5.41, 5.74) is 2.50. The molecule has 150 valence electrons. The van der Waals surface area contributed by atoms with E-state index in [1.807, 2.05) is 19.9 Å². The zero-order valence-electron chi connectivity index (χ0n) is 16.8. The van der Waals surface area contributed by atoms with Crippen LogP contribution in [0.15, 0.2) is 12.3 Å². The number of anilines is 2. The fourth-order valence-corrected chi connectivity index (χ4v) is 5.08. The van der Waals surface area contributed by atoms with E-state index in [2.05, 4.69) is 41.0 Å². The van der Waals surface area contributed by atoms with Crippen molar-refractivity contribution in [3.05, 3.63) is 23.8 Å². The van der Waals surface area contributed by atoms with Crippen LogP contribution >= 0.6 is 0 Å². The number of nitrogens with one attached hydrogen (secondary N) is 2. The van der Waals surface area contributed by atoms with Gasteiger partial charge in [-0.2, -0.15) is 10.4 Å². The number of fused-ring (bicyclic) bond motifs is 3. The molecule has 5 rings (SSSR count). The Hall–Kier alpha value is -2.99. The van der Waals surface area contributed by atoms with E-state index in [4.69, 9.17) is 10.2 Å². The van der Waals surface area contributed by atoms with Gasteiger partial charge < -0.3 is 9.88 Å². The first-order chi connectivity index (χ1) is 14.1. The van der Waals surface area contributed by atoms with E-state index < -0.39 is 0 Å². The molecule has 2 N–H and O–H groups in total. The summed E-state index contributed by atoms with van der Waals surface area (Å²) in [4.78, 5) is 16.6. The van der Waals surface area contributed by atoms with Gasteiger partial charge in [-0.15, -0.1) is 0 Å². The fourth-order valence-electron chi connectivity index (χ4n) is 5.08. The second-order valence-electron chi connectivity index (χ2n) is 8.15. The SMILES string of the molecule is Cc1cc(Nc2cnc3nc(C)n(C4CC5CCC(C4)N5CCC#N)c3n2)n[nH]1. The molecule has 0 saturated carbocycles. The van der Waals surface area contributed by atoms with E-state index in [1.54, 1.807) is 6.20 Å². The van der Waals surface area contributed by atoms with E-state index >= 15 is 0 Å². The van der Waals surface area contributed by atoms with Crippen molar-refractivity contribution in [2.45, 2.75) is 64.1 Å². The lowest BCUT2D eigenvalue weighted by atomic mass is 9.96. The summed E-state index contributed by atoms with van der Waals surface area (Å²) >= 11 is 0. The molecule has 0 aliphatic carbocycles. The first kappa shape index (κ1) is 18.1. The normalized spacial score (nSPS) is 24.1. The summed E-state index contributed by atoms with van der Waals surface area (Å²) < 4.78 is 2.27. The first-order valence-electron chi connectivity index (χ1n) is 10.3. The number of aromatic amines is 1. The molecule has 2 bridgehead atoms. The molecule has 3 aromatic rings. The van der Waals surface area contributed by atoms with Gasteiger partial charge in [-0.05, 0) is 39.5 Å². The van der Waals surface area contributed by atoms with Crippen molar-refractivity contribution in [2.75, 3.05) is 11.9 Å². The molecule has 2 fully saturated rings. The number of imidazole rings is 1. The van der Waals surface area contributed by atoms with E-state index in [-0.39, 0.29) is 0 Å². The molecule has 5 heterocycles. The summed E-state index contributed by atoms with van der Waals surface area (Å²) in [6, 6.07) is 5.69. The minimum absolute atomic E-state index is 0.369. The average molecular weight is 391 g/mol. The highest BCUT2D eigenvalue weighted by molar-refractivity contribution is 5.70. The highest BCUT2D eigenvalue weighted by atomic mass is 15.3. The highest BCUT2D eigenvalue weighted by Crippen LogP contribution is 2.42. The maximum absolute atomic E-state index is 8.96. The zero-order valence-corrected chi connectivity index (χ0v) is 16.8. The number of rotatable bonds is 5. The molecular weight excluding hydrogens is 366 g/mol. The molecule has 9 heteroatoms. The van der Waals surface area contributed by atoms with Crippen molar-refractivity contribution in [3.63, 3.8) is 0 Å². The average Bonchev–Trinajstić information content (AvgIpc) is 3.32. The van der Waals surface area contributed by atoms with Gasteiger partial charge in [-0.25, -0.2) is 15.0 Å². The largest absolute Gasteiger partial charge is 0.322 e. The van der Waals surface area contributed by atoms with Crippen LogP contribution in [0.2, 0.25) is 0 Å². The number of nitrogens with zero attached hydrogens (tertiary/aromatic N) is 7. The van der Waals surface area contributed by atoms with Gasteiger partial charge in [-0.1, -0.05) is 0 Å². The zero-order chi connectivity index (χ0) is 20.0. The Morgan fingerprint density at radius 3 is 2.66 bits per heavy atom. The maximum Gasteiger partial charge on any atom is 0.197 e. The number of H-pyrrole nitrogens is 1. The topological polar surface area (TPSA) is 111 Å². The molecule has 2 unspecified atom stereocenters. The molecule has 9 nitrogen and oxygen atoms in total. The Labute approximate surface area is 169 Å². The number of hydrogen-bond donors (Lipinski definition) is 2. The van der Waals surface area contributed by atoms with Crippen LogP contribution in [0.4, 0.5) is 11.6 Å². The lowest BCUT2D eigenvalue weighted by Gasteiger charge is -2.39. The first-order valence-corrected chi connectivity index (χ1v) is 10.3. The third-order valence-corrected chi connectivity index (χ3v) is 6.25. The third kappa shape index (κ3) is 3.23. The van der Waals surface area contributed by atoms with E-state index in [1.165, 1.54) is 12.8 Å². The van der Waals surface area contributed by atoms with Gasteiger partial charge >= 0.3 is 0 Å². The number of hydrogen-bond acceptors (Lipinski definition) is 7. The third-order valence-electron chi connectivity index (χ3n) is 6.25. The minimum Gasteiger partial charge on any atom is -0.322 e. The molecular formula is C20H25N9. The Morgan fingerprint density at radius 2 is 1.97 bits per heavy atom. The van der Waals surface area contributed by atoms with Crippen LogP contribution in [0.5, 0.6) is 0 Å². The minimum atomic E-state index is 0.369.